The van der Waals surface area contributed by atoms with Crippen LogP contribution in [0.4, 0.5) is 13.2 Å². The van der Waals surface area contributed by atoms with Gasteiger partial charge in [-0.2, -0.15) is 0 Å². The Kier molecular flexibility index (Phi) is 6.83. The van der Waals surface area contributed by atoms with Crippen molar-refractivity contribution in [2.24, 2.45) is 5.92 Å². The zero-order chi connectivity index (χ0) is 23.7. The molecule has 8 heteroatoms. The summed E-state index contributed by atoms with van der Waals surface area (Å²) in [6.07, 6.45) is 1.53. The molecule has 2 heterocycles. The number of aryl methyl sites for hydroxylation is 2. The molecule has 0 aliphatic rings. The summed E-state index contributed by atoms with van der Waals surface area (Å²) < 4.78 is 42.9. The van der Waals surface area contributed by atoms with Crippen LogP contribution < -0.4 is 5.43 Å². The van der Waals surface area contributed by atoms with Gasteiger partial charge < -0.3 is 9.67 Å². The number of ketones is 1. The first-order valence-electron chi connectivity index (χ1n) is 10.4. The predicted molar refractivity (Wildman–Crippen MR) is 115 cm³/mol. The summed E-state index contributed by atoms with van der Waals surface area (Å²) in [5.41, 5.74) is 0.690. The standard InChI is InChI=1S/C24H25F3N2O3/c1-12(2)22(11-30)29-10-19(14(4)31)23(32)18-7-15(13(3)28-24(18)29)5-6-17-20(26)8-16(25)9-21(17)27/h7-10,12,22,30H,5-6,11H2,1-4H3/t22-/m1/s1. The van der Waals surface area contributed by atoms with Crippen molar-refractivity contribution in [1.29, 1.82) is 0 Å². The molecule has 32 heavy (non-hydrogen) atoms. The minimum atomic E-state index is -0.992. The summed E-state index contributed by atoms with van der Waals surface area (Å²) in [4.78, 5) is 29.6. The Morgan fingerprint density at radius 2 is 1.75 bits per heavy atom. The van der Waals surface area contributed by atoms with Gasteiger partial charge in [0.1, 0.15) is 23.1 Å². The molecule has 0 bridgehead atoms. The number of hydrogen-bond acceptors (Lipinski definition) is 4. The van der Waals surface area contributed by atoms with Gasteiger partial charge in [0.05, 0.1) is 23.6 Å². The fourth-order valence-corrected chi connectivity index (χ4v) is 3.85. The van der Waals surface area contributed by atoms with E-state index in [1.807, 2.05) is 13.8 Å². The number of aromatic nitrogens is 2. The lowest BCUT2D eigenvalue weighted by molar-refractivity contribution is 0.101. The molecular weight excluding hydrogens is 421 g/mol. The van der Waals surface area contributed by atoms with Gasteiger partial charge in [-0.15, -0.1) is 0 Å². The van der Waals surface area contributed by atoms with Crippen LogP contribution in [0.3, 0.4) is 0 Å². The summed E-state index contributed by atoms with van der Waals surface area (Å²) >= 11 is 0. The van der Waals surface area contributed by atoms with Crippen molar-refractivity contribution >= 4 is 16.8 Å². The van der Waals surface area contributed by atoms with Crippen LogP contribution in [-0.4, -0.2) is 27.0 Å². The molecule has 0 radical (unpaired) electrons. The lowest BCUT2D eigenvalue weighted by Gasteiger charge is -2.24. The number of halogens is 3. The number of carbonyl (C=O) groups is 1. The summed E-state index contributed by atoms with van der Waals surface area (Å²) in [5.74, 6) is -3.36. The Hall–Kier alpha value is -3.00. The fourth-order valence-electron chi connectivity index (χ4n) is 3.85. The van der Waals surface area contributed by atoms with Gasteiger partial charge in [-0.3, -0.25) is 9.59 Å². The maximum Gasteiger partial charge on any atom is 0.201 e. The Morgan fingerprint density at radius 3 is 2.28 bits per heavy atom. The van der Waals surface area contributed by atoms with E-state index in [1.165, 1.54) is 13.1 Å². The number of Topliss-reactive ketones (excluding diaryl/α,β-unsaturated/α-hetero) is 1. The summed E-state index contributed by atoms with van der Waals surface area (Å²) in [6.45, 7) is 6.61. The normalized spacial score (nSPS) is 12.5. The number of rotatable bonds is 7. The van der Waals surface area contributed by atoms with Gasteiger partial charge in [0.2, 0.25) is 5.43 Å². The van der Waals surface area contributed by atoms with E-state index in [0.717, 1.165) is 0 Å². The van der Waals surface area contributed by atoms with Crippen LogP contribution in [0, 0.1) is 30.3 Å². The summed E-state index contributed by atoms with van der Waals surface area (Å²) in [5, 5.41) is 10.1. The van der Waals surface area contributed by atoms with Gasteiger partial charge in [-0.05, 0) is 44.2 Å². The first-order valence-corrected chi connectivity index (χ1v) is 10.4. The van der Waals surface area contributed by atoms with Gasteiger partial charge in [-0.1, -0.05) is 13.8 Å². The Balaban J connectivity index is 2.15. The van der Waals surface area contributed by atoms with Crippen molar-refractivity contribution in [3.05, 3.63) is 74.5 Å². The highest BCUT2D eigenvalue weighted by molar-refractivity contribution is 5.96. The number of benzene rings is 1. The number of pyridine rings is 2. The monoisotopic (exact) mass is 446 g/mol. The zero-order valence-corrected chi connectivity index (χ0v) is 18.4. The molecule has 0 fully saturated rings. The van der Waals surface area contributed by atoms with E-state index in [2.05, 4.69) is 4.98 Å². The number of carbonyl (C=O) groups excluding carboxylic acids is 1. The highest BCUT2D eigenvalue weighted by atomic mass is 19.1. The highest BCUT2D eigenvalue weighted by Gasteiger charge is 2.22. The molecule has 5 nitrogen and oxygen atoms in total. The van der Waals surface area contributed by atoms with E-state index in [4.69, 9.17) is 0 Å². The van der Waals surface area contributed by atoms with Gasteiger partial charge in [0.15, 0.2) is 5.78 Å². The first kappa shape index (κ1) is 23.7. The van der Waals surface area contributed by atoms with E-state index in [-0.39, 0.29) is 41.9 Å². The van der Waals surface area contributed by atoms with Crippen LogP contribution in [0.2, 0.25) is 0 Å². The molecule has 1 N–H and O–H groups in total. The number of aliphatic hydroxyl groups is 1. The first-order chi connectivity index (χ1) is 15.0. The fraction of sp³-hybridized carbons (Fsp3) is 0.375. The molecule has 0 saturated carbocycles. The molecule has 3 aromatic rings. The van der Waals surface area contributed by atoms with Gasteiger partial charge >= 0.3 is 0 Å². The molecule has 0 saturated heterocycles. The molecular formula is C24H25F3N2O3. The second-order valence-corrected chi connectivity index (χ2v) is 8.28. The minimum Gasteiger partial charge on any atom is -0.394 e. The van der Waals surface area contributed by atoms with E-state index in [0.29, 0.717) is 29.0 Å². The van der Waals surface area contributed by atoms with Crippen molar-refractivity contribution in [2.45, 2.75) is 46.6 Å². The molecule has 0 aliphatic carbocycles. The smallest absolute Gasteiger partial charge is 0.201 e. The lowest BCUT2D eigenvalue weighted by Crippen LogP contribution is -2.26. The Morgan fingerprint density at radius 1 is 1.12 bits per heavy atom. The van der Waals surface area contributed by atoms with Gasteiger partial charge in [0.25, 0.3) is 0 Å². The van der Waals surface area contributed by atoms with Gasteiger partial charge in [-0.25, -0.2) is 18.2 Å². The van der Waals surface area contributed by atoms with E-state index in [1.54, 1.807) is 17.6 Å². The van der Waals surface area contributed by atoms with Crippen molar-refractivity contribution < 1.29 is 23.1 Å². The maximum absolute atomic E-state index is 14.0. The van der Waals surface area contributed by atoms with Crippen molar-refractivity contribution in [1.82, 2.24) is 9.55 Å². The third-order valence-electron chi connectivity index (χ3n) is 5.74. The zero-order valence-electron chi connectivity index (χ0n) is 18.4. The summed E-state index contributed by atoms with van der Waals surface area (Å²) in [6, 6.07) is 2.43. The third kappa shape index (κ3) is 4.46. The Labute approximate surface area is 183 Å². The number of fused-ring (bicyclic) bond motifs is 1. The number of nitrogens with zero attached hydrogens (tertiary/aromatic N) is 2. The molecule has 170 valence electrons. The average Bonchev–Trinajstić information content (AvgIpc) is 2.69. The quantitative estimate of drug-likeness (QED) is 0.550. The van der Waals surface area contributed by atoms with Crippen LogP contribution in [0.1, 0.15) is 54.0 Å². The molecule has 0 aliphatic heterocycles. The third-order valence-corrected chi connectivity index (χ3v) is 5.74. The highest BCUT2D eigenvalue weighted by Crippen LogP contribution is 2.25. The topological polar surface area (TPSA) is 72.2 Å². The molecule has 3 rings (SSSR count). The molecule has 1 aromatic carbocycles. The molecule has 0 unspecified atom stereocenters. The van der Waals surface area contributed by atoms with E-state index >= 15 is 0 Å². The lowest BCUT2D eigenvalue weighted by atomic mass is 9.99. The predicted octanol–water partition coefficient (Wildman–Crippen LogP) is 4.30. The minimum absolute atomic E-state index is 0.00304. The van der Waals surface area contributed by atoms with Crippen molar-refractivity contribution in [3.8, 4) is 0 Å². The second-order valence-electron chi connectivity index (χ2n) is 8.28. The van der Waals surface area contributed by atoms with Crippen LogP contribution >= 0.6 is 0 Å². The largest absolute Gasteiger partial charge is 0.394 e. The van der Waals surface area contributed by atoms with Crippen LogP contribution in [-0.2, 0) is 12.8 Å². The maximum atomic E-state index is 14.0. The molecule has 2 aromatic heterocycles. The van der Waals surface area contributed by atoms with E-state index in [9.17, 15) is 27.9 Å². The van der Waals surface area contributed by atoms with Crippen LogP contribution in [0.5, 0.6) is 0 Å². The summed E-state index contributed by atoms with van der Waals surface area (Å²) in [7, 11) is 0. The van der Waals surface area contributed by atoms with Crippen LogP contribution in [0.15, 0.2) is 29.2 Å². The van der Waals surface area contributed by atoms with Gasteiger partial charge in [0, 0.05) is 29.6 Å². The van der Waals surface area contributed by atoms with Crippen molar-refractivity contribution in [3.63, 3.8) is 0 Å². The van der Waals surface area contributed by atoms with E-state index < -0.39 is 34.7 Å². The molecule has 0 spiro atoms. The van der Waals surface area contributed by atoms with Crippen molar-refractivity contribution in [2.75, 3.05) is 6.61 Å². The SMILES string of the molecule is CC(=O)c1cn([C@H](CO)C(C)C)c2nc(C)c(CCc3c(F)cc(F)cc3F)cc2c1=O. The molecule has 1 atom stereocenters. The Bertz CT molecular complexity index is 1230. The number of hydrogen-bond donors (Lipinski definition) is 1. The number of aliphatic hydroxyl groups excluding tert-OH is 1. The van der Waals surface area contributed by atoms with Crippen LogP contribution in [0.25, 0.3) is 11.0 Å². The molecule has 0 amide bonds. The second kappa shape index (κ2) is 9.24. The average molecular weight is 446 g/mol.